The lowest BCUT2D eigenvalue weighted by atomic mass is 9.87. The van der Waals surface area contributed by atoms with Gasteiger partial charge in [-0.3, -0.25) is 0 Å². The van der Waals surface area contributed by atoms with E-state index in [4.69, 9.17) is 4.74 Å². The molecule has 0 aliphatic rings. The summed E-state index contributed by atoms with van der Waals surface area (Å²) in [5, 5.41) is 15.1. The number of hydrogen-bond donors (Lipinski definition) is 2. The summed E-state index contributed by atoms with van der Waals surface area (Å²) >= 11 is 1.27. The van der Waals surface area contributed by atoms with Crippen LogP contribution >= 0.6 is 11.3 Å². The fourth-order valence-electron chi connectivity index (χ4n) is 2.03. The van der Waals surface area contributed by atoms with Gasteiger partial charge >= 0.3 is 5.97 Å². The Morgan fingerprint density at radius 2 is 1.91 bits per heavy atom. The maximum atomic E-state index is 11.9. The molecule has 0 radical (unpaired) electrons. The van der Waals surface area contributed by atoms with Gasteiger partial charge in [0, 0.05) is 11.1 Å². The lowest BCUT2D eigenvalue weighted by Crippen LogP contribution is -2.10. The van der Waals surface area contributed by atoms with E-state index in [-0.39, 0.29) is 23.3 Å². The van der Waals surface area contributed by atoms with E-state index in [0.29, 0.717) is 5.00 Å². The second kappa shape index (κ2) is 6.40. The summed E-state index contributed by atoms with van der Waals surface area (Å²) in [7, 11) is 0. The predicted molar refractivity (Wildman–Crippen MR) is 90.4 cm³/mol. The summed E-state index contributed by atoms with van der Waals surface area (Å²) in [5.41, 5.74) is 2.38. The molecule has 2 aromatic rings. The van der Waals surface area contributed by atoms with Gasteiger partial charge in [0.15, 0.2) is 0 Å². The average Bonchev–Trinajstić information content (AvgIpc) is 2.79. The highest BCUT2D eigenvalue weighted by Crippen LogP contribution is 2.36. The maximum Gasteiger partial charge on any atom is 0.344 e. The van der Waals surface area contributed by atoms with E-state index < -0.39 is 5.97 Å². The fraction of sp³-hybridized carbons (Fsp3) is 0.353. The topological polar surface area (TPSA) is 58.6 Å². The normalized spacial score (nSPS) is 11.3. The van der Waals surface area contributed by atoms with Crippen LogP contribution in [0.25, 0.3) is 0 Å². The Morgan fingerprint density at radius 3 is 2.45 bits per heavy atom. The number of carbonyl (C=O) groups excluding carboxylic acids is 1. The summed E-state index contributed by atoms with van der Waals surface area (Å²) in [6.45, 7) is 8.48. The van der Waals surface area contributed by atoms with Crippen molar-refractivity contribution in [1.82, 2.24) is 0 Å². The number of hydrogen-bond acceptors (Lipinski definition) is 5. The molecule has 0 spiro atoms. The maximum absolute atomic E-state index is 11.9. The molecule has 22 heavy (non-hydrogen) atoms. The third kappa shape index (κ3) is 3.60. The lowest BCUT2D eigenvalue weighted by Gasteiger charge is -2.19. The van der Waals surface area contributed by atoms with Crippen LogP contribution in [0.2, 0.25) is 0 Å². The van der Waals surface area contributed by atoms with Crippen LogP contribution in [-0.4, -0.2) is 17.7 Å². The molecule has 0 aliphatic carbocycles. The number of aromatic hydroxyl groups is 1. The molecule has 0 fully saturated rings. The Labute approximate surface area is 134 Å². The Balaban J connectivity index is 2.23. The molecule has 1 aromatic carbocycles. The standard InChI is InChI=1S/C17H21NO3S/c1-5-21-16(20)14-13(19)10-22-15(14)18-12-8-6-11(7-9-12)17(2,3)4/h6-10,18-19H,5H2,1-4H3. The van der Waals surface area contributed by atoms with Gasteiger partial charge in [-0.05, 0) is 30.0 Å². The van der Waals surface area contributed by atoms with Gasteiger partial charge in [-0.2, -0.15) is 0 Å². The van der Waals surface area contributed by atoms with E-state index in [2.05, 4.69) is 38.2 Å². The first-order chi connectivity index (χ1) is 10.3. The van der Waals surface area contributed by atoms with Gasteiger partial charge in [-0.15, -0.1) is 11.3 Å². The summed E-state index contributed by atoms with van der Waals surface area (Å²) < 4.78 is 4.98. The number of benzene rings is 1. The molecule has 2 rings (SSSR count). The summed E-state index contributed by atoms with van der Waals surface area (Å²) in [6.07, 6.45) is 0. The van der Waals surface area contributed by atoms with Crippen LogP contribution in [0.3, 0.4) is 0 Å². The van der Waals surface area contributed by atoms with Crippen molar-refractivity contribution in [2.24, 2.45) is 0 Å². The number of nitrogens with one attached hydrogen (secondary N) is 1. The van der Waals surface area contributed by atoms with Crippen molar-refractivity contribution in [3.8, 4) is 5.75 Å². The van der Waals surface area contributed by atoms with Crippen LogP contribution in [0.1, 0.15) is 43.6 Å². The molecular weight excluding hydrogens is 298 g/mol. The molecule has 5 heteroatoms. The van der Waals surface area contributed by atoms with Gasteiger partial charge in [0.1, 0.15) is 16.3 Å². The van der Waals surface area contributed by atoms with Gasteiger partial charge in [0.25, 0.3) is 0 Å². The van der Waals surface area contributed by atoms with Crippen LogP contribution in [0.15, 0.2) is 29.6 Å². The number of ether oxygens (including phenoxy) is 1. The van der Waals surface area contributed by atoms with Gasteiger partial charge in [-0.25, -0.2) is 4.79 Å². The number of carbonyl (C=O) groups is 1. The van der Waals surface area contributed by atoms with Crippen LogP contribution in [0.5, 0.6) is 5.75 Å². The van der Waals surface area contributed by atoms with Crippen molar-refractivity contribution < 1.29 is 14.6 Å². The van der Waals surface area contributed by atoms with Crippen molar-refractivity contribution in [3.05, 3.63) is 40.8 Å². The third-order valence-electron chi connectivity index (χ3n) is 3.26. The molecule has 0 aliphatic heterocycles. The molecule has 2 N–H and O–H groups in total. The molecule has 118 valence electrons. The predicted octanol–water partition coefficient (Wildman–Crippen LogP) is 4.67. The van der Waals surface area contributed by atoms with E-state index in [9.17, 15) is 9.90 Å². The van der Waals surface area contributed by atoms with Gasteiger partial charge in [0.2, 0.25) is 0 Å². The molecular formula is C17H21NO3S. The number of anilines is 2. The highest BCUT2D eigenvalue weighted by atomic mass is 32.1. The zero-order valence-electron chi connectivity index (χ0n) is 13.3. The van der Waals surface area contributed by atoms with E-state index in [1.54, 1.807) is 6.92 Å². The van der Waals surface area contributed by atoms with E-state index in [1.807, 2.05) is 12.1 Å². The van der Waals surface area contributed by atoms with Gasteiger partial charge < -0.3 is 15.2 Å². The Bertz CT molecular complexity index is 654. The van der Waals surface area contributed by atoms with Gasteiger partial charge in [-0.1, -0.05) is 32.9 Å². The first-order valence-corrected chi connectivity index (χ1v) is 8.06. The number of rotatable bonds is 4. The summed E-state index contributed by atoms with van der Waals surface area (Å²) in [4.78, 5) is 11.9. The minimum absolute atomic E-state index is 0.0581. The first-order valence-electron chi connectivity index (χ1n) is 7.18. The van der Waals surface area contributed by atoms with E-state index >= 15 is 0 Å². The van der Waals surface area contributed by atoms with Crippen LogP contribution < -0.4 is 5.32 Å². The lowest BCUT2D eigenvalue weighted by molar-refractivity contribution is 0.0525. The monoisotopic (exact) mass is 319 g/mol. The fourth-order valence-corrected chi connectivity index (χ4v) is 2.86. The molecule has 1 aromatic heterocycles. The highest BCUT2D eigenvalue weighted by Gasteiger charge is 2.20. The highest BCUT2D eigenvalue weighted by molar-refractivity contribution is 7.15. The molecule has 0 saturated carbocycles. The van der Waals surface area contributed by atoms with Crippen molar-refractivity contribution in [1.29, 1.82) is 0 Å². The van der Waals surface area contributed by atoms with Gasteiger partial charge in [0.05, 0.1) is 6.61 Å². The number of esters is 1. The minimum Gasteiger partial charge on any atom is -0.506 e. The summed E-state index contributed by atoms with van der Waals surface area (Å²) in [5.74, 6) is -0.577. The molecule has 1 heterocycles. The zero-order valence-corrected chi connectivity index (χ0v) is 14.1. The second-order valence-corrected chi connectivity index (χ2v) is 6.88. The molecule has 0 amide bonds. The largest absolute Gasteiger partial charge is 0.506 e. The minimum atomic E-state index is -0.518. The van der Waals surface area contributed by atoms with E-state index in [1.165, 1.54) is 22.3 Å². The van der Waals surface area contributed by atoms with E-state index in [0.717, 1.165) is 5.69 Å². The Morgan fingerprint density at radius 1 is 1.27 bits per heavy atom. The molecule has 0 atom stereocenters. The van der Waals surface area contributed by atoms with Crippen molar-refractivity contribution in [3.63, 3.8) is 0 Å². The Hall–Kier alpha value is -2.01. The molecule has 0 unspecified atom stereocenters. The smallest absolute Gasteiger partial charge is 0.344 e. The molecule has 0 bridgehead atoms. The molecule has 0 saturated heterocycles. The van der Waals surface area contributed by atoms with Crippen molar-refractivity contribution >= 4 is 28.0 Å². The SMILES string of the molecule is CCOC(=O)c1c(O)csc1Nc1ccc(C(C)(C)C)cc1. The van der Waals surface area contributed by atoms with Crippen LogP contribution in [-0.2, 0) is 10.2 Å². The quantitative estimate of drug-likeness (QED) is 0.804. The molecule has 4 nitrogen and oxygen atoms in total. The van der Waals surface area contributed by atoms with Crippen LogP contribution in [0, 0.1) is 0 Å². The first kappa shape index (κ1) is 16.4. The summed E-state index contributed by atoms with van der Waals surface area (Å²) in [6, 6.07) is 8.04. The third-order valence-corrected chi connectivity index (χ3v) is 4.14. The average molecular weight is 319 g/mol. The van der Waals surface area contributed by atoms with Crippen molar-refractivity contribution in [2.75, 3.05) is 11.9 Å². The Kier molecular flexibility index (Phi) is 4.76. The zero-order chi connectivity index (χ0) is 16.3. The number of thiophene rings is 1. The van der Waals surface area contributed by atoms with Crippen molar-refractivity contribution in [2.45, 2.75) is 33.1 Å². The second-order valence-electron chi connectivity index (χ2n) is 6.00. The van der Waals surface area contributed by atoms with Crippen LogP contribution in [0.4, 0.5) is 10.7 Å².